The predicted octanol–water partition coefficient (Wildman–Crippen LogP) is 4.85. The molecule has 6 heteroatoms. The first kappa shape index (κ1) is 22.0. The number of methoxy groups -OCH3 is 1. The van der Waals surface area contributed by atoms with Gasteiger partial charge in [-0.2, -0.15) is 5.26 Å². The third-order valence-corrected chi connectivity index (χ3v) is 5.62. The van der Waals surface area contributed by atoms with Crippen LogP contribution in [0.2, 0.25) is 0 Å². The van der Waals surface area contributed by atoms with Crippen molar-refractivity contribution < 1.29 is 14.3 Å². The van der Waals surface area contributed by atoms with Gasteiger partial charge in [-0.25, -0.2) is 9.78 Å². The van der Waals surface area contributed by atoms with E-state index in [4.69, 9.17) is 10.00 Å². The van der Waals surface area contributed by atoms with Crippen molar-refractivity contribution in [3.8, 4) is 6.07 Å². The Morgan fingerprint density at radius 1 is 1.06 bits per heavy atom. The summed E-state index contributed by atoms with van der Waals surface area (Å²) in [6.45, 7) is 4.34. The molecule has 0 saturated carbocycles. The molecule has 3 aromatic rings. The van der Waals surface area contributed by atoms with E-state index in [2.05, 4.69) is 24.9 Å². The Balaban J connectivity index is 1.81. The highest BCUT2D eigenvalue weighted by atomic mass is 16.5. The van der Waals surface area contributed by atoms with Crippen LogP contribution in [0.1, 0.15) is 46.7 Å². The fourth-order valence-electron chi connectivity index (χ4n) is 4.14. The highest BCUT2D eigenvalue weighted by Crippen LogP contribution is 2.43. The number of aromatic nitrogens is 1. The molecule has 0 saturated heterocycles. The van der Waals surface area contributed by atoms with Crippen LogP contribution in [-0.4, -0.2) is 24.0 Å². The van der Waals surface area contributed by atoms with Gasteiger partial charge in [-0.05, 0) is 47.4 Å². The Hall–Kier alpha value is -4.24. The van der Waals surface area contributed by atoms with Crippen molar-refractivity contribution in [1.29, 1.82) is 5.26 Å². The van der Waals surface area contributed by atoms with Crippen LogP contribution in [0.4, 0.5) is 5.69 Å². The highest BCUT2D eigenvalue weighted by molar-refractivity contribution is 6.37. The Labute approximate surface area is 192 Å². The van der Waals surface area contributed by atoms with Crippen LogP contribution >= 0.6 is 0 Å². The Bertz CT molecular complexity index is 1300. The second-order valence-electron chi connectivity index (χ2n) is 8.05. The van der Waals surface area contributed by atoms with Gasteiger partial charge in [0.25, 0.3) is 5.91 Å². The van der Waals surface area contributed by atoms with Crippen molar-refractivity contribution in [3.05, 3.63) is 94.8 Å². The van der Waals surface area contributed by atoms with Gasteiger partial charge in [-0.1, -0.05) is 50.2 Å². The molecule has 0 fully saturated rings. The maximum Gasteiger partial charge on any atom is 0.356 e. The van der Waals surface area contributed by atoms with Gasteiger partial charge in [-0.3, -0.25) is 4.79 Å². The number of pyridine rings is 1. The molecule has 6 nitrogen and oxygen atoms in total. The van der Waals surface area contributed by atoms with Crippen molar-refractivity contribution in [2.75, 3.05) is 12.0 Å². The predicted molar refractivity (Wildman–Crippen MR) is 126 cm³/mol. The number of hydrogen-bond donors (Lipinski definition) is 0. The van der Waals surface area contributed by atoms with E-state index < -0.39 is 5.97 Å². The van der Waals surface area contributed by atoms with Gasteiger partial charge in [0.2, 0.25) is 0 Å². The number of para-hydroxylation sites is 1. The normalized spacial score (nSPS) is 14.2. The first-order chi connectivity index (χ1) is 15.9. The zero-order chi connectivity index (χ0) is 23.5. The van der Waals surface area contributed by atoms with Crippen LogP contribution in [0.15, 0.2) is 66.7 Å². The van der Waals surface area contributed by atoms with Crippen LogP contribution in [0, 0.1) is 17.2 Å². The van der Waals surface area contributed by atoms with Crippen molar-refractivity contribution in [2.45, 2.75) is 20.4 Å². The van der Waals surface area contributed by atoms with Crippen molar-refractivity contribution in [3.63, 3.8) is 0 Å². The van der Waals surface area contributed by atoms with E-state index in [1.165, 1.54) is 7.11 Å². The Morgan fingerprint density at radius 3 is 2.45 bits per heavy atom. The van der Waals surface area contributed by atoms with Gasteiger partial charge in [0, 0.05) is 5.56 Å². The van der Waals surface area contributed by atoms with E-state index in [-0.39, 0.29) is 24.1 Å². The SMILES string of the molecule is COC(=O)c1cccc(CN2C(=O)/C(=C(/c3ccc(C#N)cc3)C(C)C)c3ccccc32)n1. The molecule has 0 unspecified atom stereocenters. The number of ether oxygens (including phenoxy) is 1. The van der Waals surface area contributed by atoms with E-state index in [9.17, 15) is 9.59 Å². The number of fused-ring (bicyclic) bond motifs is 1. The zero-order valence-electron chi connectivity index (χ0n) is 18.7. The van der Waals surface area contributed by atoms with E-state index >= 15 is 0 Å². The highest BCUT2D eigenvalue weighted by Gasteiger charge is 2.35. The molecule has 0 bridgehead atoms. The standard InChI is InChI=1S/C27H23N3O3/c1-17(2)24(19-13-11-18(15-28)12-14-19)25-21-8-4-5-10-23(21)30(26(25)31)16-20-7-6-9-22(29-20)27(32)33-3/h4-14,17H,16H2,1-3H3/b25-24+. The summed E-state index contributed by atoms with van der Waals surface area (Å²) in [6.07, 6.45) is 0. The molecular formula is C27H23N3O3. The molecule has 1 aliphatic rings. The summed E-state index contributed by atoms with van der Waals surface area (Å²) in [4.78, 5) is 31.7. The number of carbonyl (C=O) groups excluding carboxylic acids is 2. The molecule has 164 valence electrons. The smallest absolute Gasteiger partial charge is 0.356 e. The van der Waals surface area contributed by atoms with Gasteiger partial charge in [0.05, 0.1) is 42.2 Å². The van der Waals surface area contributed by atoms with Crippen molar-refractivity contribution >= 4 is 28.7 Å². The van der Waals surface area contributed by atoms with Gasteiger partial charge >= 0.3 is 5.97 Å². The molecule has 1 aromatic heterocycles. The summed E-state index contributed by atoms with van der Waals surface area (Å²) in [5, 5.41) is 9.15. The maximum absolute atomic E-state index is 13.8. The van der Waals surface area contributed by atoms with Crippen LogP contribution < -0.4 is 4.90 Å². The van der Waals surface area contributed by atoms with Crippen molar-refractivity contribution in [2.24, 2.45) is 5.92 Å². The van der Waals surface area contributed by atoms with E-state index in [1.807, 2.05) is 36.4 Å². The first-order valence-corrected chi connectivity index (χ1v) is 10.6. The summed E-state index contributed by atoms with van der Waals surface area (Å²) < 4.78 is 4.77. The summed E-state index contributed by atoms with van der Waals surface area (Å²) in [5.41, 5.74) is 5.51. The average molecular weight is 437 g/mol. The largest absolute Gasteiger partial charge is 0.464 e. The van der Waals surface area contributed by atoms with Crippen molar-refractivity contribution in [1.82, 2.24) is 4.98 Å². The van der Waals surface area contributed by atoms with E-state index in [0.29, 0.717) is 16.8 Å². The third-order valence-electron chi connectivity index (χ3n) is 5.62. The summed E-state index contributed by atoms with van der Waals surface area (Å²) in [5.74, 6) is -0.561. The average Bonchev–Trinajstić information content (AvgIpc) is 3.10. The topological polar surface area (TPSA) is 83.3 Å². The number of hydrogen-bond acceptors (Lipinski definition) is 5. The summed E-state index contributed by atoms with van der Waals surface area (Å²) in [7, 11) is 1.31. The quantitative estimate of drug-likeness (QED) is 0.421. The minimum Gasteiger partial charge on any atom is -0.464 e. The van der Waals surface area contributed by atoms with E-state index in [0.717, 1.165) is 22.4 Å². The number of rotatable bonds is 5. The van der Waals surface area contributed by atoms with Gasteiger partial charge in [0.1, 0.15) is 5.69 Å². The van der Waals surface area contributed by atoms with Gasteiger partial charge < -0.3 is 9.64 Å². The number of allylic oxidation sites excluding steroid dienone is 1. The molecule has 4 rings (SSSR count). The zero-order valence-corrected chi connectivity index (χ0v) is 18.7. The molecule has 0 radical (unpaired) electrons. The number of nitriles is 1. The number of carbonyl (C=O) groups is 2. The lowest BCUT2D eigenvalue weighted by Crippen LogP contribution is -2.27. The molecule has 33 heavy (non-hydrogen) atoms. The fourth-order valence-corrected chi connectivity index (χ4v) is 4.14. The number of esters is 1. The second kappa shape index (κ2) is 9.09. The fraction of sp³-hybridized carbons (Fsp3) is 0.185. The summed E-state index contributed by atoms with van der Waals surface area (Å²) >= 11 is 0. The second-order valence-corrected chi connectivity index (χ2v) is 8.05. The first-order valence-electron chi connectivity index (χ1n) is 10.6. The third kappa shape index (κ3) is 4.13. The molecule has 2 heterocycles. The lowest BCUT2D eigenvalue weighted by atomic mass is 9.87. The monoisotopic (exact) mass is 437 g/mol. The number of anilines is 1. The van der Waals surface area contributed by atoms with Gasteiger partial charge in [0.15, 0.2) is 0 Å². The lowest BCUT2D eigenvalue weighted by Gasteiger charge is -2.18. The molecular weight excluding hydrogens is 414 g/mol. The number of nitrogens with zero attached hydrogens (tertiary/aromatic N) is 3. The van der Waals surface area contributed by atoms with Gasteiger partial charge in [-0.15, -0.1) is 0 Å². The Morgan fingerprint density at radius 2 is 1.79 bits per heavy atom. The minimum atomic E-state index is -0.520. The van der Waals surface area contributed by atoms with E-state index in [1.54, 1.807) is 35.2 Å². The molecule has 1 amide bonds. The minimum absolute atomic E-state index is 0.0747. The molecule has 0 atom stereocenters. The number of amides is 1. The number of benzene rings is 2. The molecule has 1 aliphatic heterocycles. The molecule has 2 aromatic carbocycles. The molecule has 0 N–H and O–H groups in total. The molecule has 0 spiro atoms. The van der Waals surface area contributed by atoms with Crippen LogP contribution in [-0.2, 0) is 16.1 Å². The Kier molecular flexibility index (Phi) is 6.05. The summed E-state index contributed by atoms with van der Waals surface area (Å²) in [6, 6.07) is 22.2. The molecule has 0 aliphatic carbocycles. The maximum atomic E-state index is 13.8. The van der Waals surface area contributed by atoms with Crippen LogP contribution in [0.3, 0.4) is 0 Å². The van der Waals surface area contributed by atoms with Crippen LogP contribution in [0.25, 0.3) is 11.1 Å². The lowest BCUT2D eigenvalue weighted by molar-refractivity contribution is -0.113. The van der Waals surface area contributed by atoms with Crippen LogP contribution in [0.5, 0.6) is 0 Å².